The zero-order chi connectivity index (χ0) is 20.4. The molecule has 28 heavy (non-hydrogen) atoms. The third-order valence-corrected chi connectivity index (χ3v) is 4.02. The van der Waals surface area contributed by atoms with Crippen molar-refractivity contribution in [3.63, 3.8) is 0 Å². The fourth-order valence-corrected chi connectivity index (χ4v) is 2.46. The molecule has 152 valence electrons. The van der Waals surface area contributed by atoms with Crippen LogP contribution in [0.1, 0.15) is 28.7 Å². The Morgan fingerprint density at radius 2 is 2.07 bits per heavy atom. The van der Waals surface area contributed by atoms with Crippen LogP contribution < -0.4 is 16.0 Å². The highest BCUT2D eigenvalue weighted by atomic mass is 16.1. The third-order valence-electron chi connectivity index (χ3n) is 4.02. The second-order valence-electron chi connectivity index (χ2n) is 6.61. The predicted octanol–water partition coefficient (Wildman–Crippen LogP) is 0.362. The van der Waals surface area contributed by atoms with Crippen LogP contribution in [-0.2, 0) is 20.1 Å². The molecule has 3 N–H and O–H groups in total. The van der Waals surface area contributed by atoms with Crippen LogP contribution in [0.25, 0.3) is 0 Å². The maximum absolute atomic E-state index is 12.3. The minimum absolute atomic E-state index is 0.0695. The molecular weight excluding hydrogens is 356 g/mol. The standard InChI is InChI=1S/C19H30N8O/c1-5-20-19(23-13-17-24-14-25-27(17)4)22-12-15-7-6-8-16(11-15)18(28)21-9-10-26(2)3/h6-8,11,14H,5,9-10,12-13H2,1-4H3,(H,21,28)(H2,20,22,23). The van der Waals surface area contributed by atoms with Crippen molar-refractivity contribution in [2.45, 2.75) is 20.0 Å². The molecule has 1 aromatic carbocycles. The maximum Gasteiger partial charge on any atom is 0.251 e. The fourth-order valence-electron chi connectivity index (χ4n) is 2.46. The van der Waals surface area contributed by atoms with Gasteiger partial charge in [0.25, 0.3) is 5.91 Å². The summed E-state index contributed by atoms with van der Waals surface area (Å²) in [7, 11) is 5.80. The van der Waals surface area contributed by atoms with Crippen molar-refractivity contribution in [3.8, 4) is 0 Å². The van der Waals surface area contributed by atoms with Crippen LogP contribution in [0.2, 0.25) is 0 Å². The van der Waals surface area contributed by atoms with Crippen molar-refractivity contribution in [1.29, 1.82) is 0 Å². The highest BCUT2D eigenvalue weighted by molar-refractivity contribution is 5.94. The molecule has 0 saturated heterocycles. The lowest BCUT2D eigenvalue weighted by atomic mass is 10.1. The quantitative estimate of drug-likeness (QED) is 0.425. The summed E-state index contributed by atoms with van der Waals surface area (Å²) in [6.45, 7) is 5.17. The van der Waals surface area contributed by atoms with E-state index in [1.807, 2.05) is 57.2 Å². The largest absolute Gasteiger partial charge is 0.357 e. The van der Waals surface area contributed by atoms with E-state index in [4.69, 9.17) is 0 Å². The number of carbonyl (C=O) groups excluding carboxylic acids is 1. The molecule has 0 aliphatic heterocycles. The highest BCUT2D eigenvalue weighted by Gasteiger charge is 2.07. The summed E-state index contributed by atoms with van der Waals surface area (Å²) in [4.78, 5) is 23.1. The molecule has 0 spiro atoms. The number of hydrogen-bond acceptors (Lipinski definition) is 5. The predicted molar refractivity (Wildman–Crippen MR) is 110 cm³/mol. The van der Waals surface area contributed by atoms with Gasteiger partial charge in [-0.15, -0.1) is 0 Å². The zero-order valence-electron chi connectivity index (χ0n) is 17.1. The molecule has 0 unspecified atom stereocenters. The number of nitrogens with zero attached hydrogens (tertiary/aromatic N) is 5. The summed E-state index contributed by atoms with van der Waals surface area (Å²) in [5.41, 5.74) is 1.61. The number of aliphatic imine (C=N–C) groups is 1. The van der Waals surface area contributed by atoms with Gasteiger partial charge in [0.15, 0.2) is 5.96 Å². The highest BCUT2D eigenvalue weighted by Crippen LogP contribution is 2.07. The van der Waals surface area contributed by atoms with E-state index in [0.717, 1.165) is 24.5 Å². The normalized spacial score (nSPS) is 11.5. The first-order valence-electron chi connectivity index (χ1n) is 9.36. The molecule has 9 nitrogen and oxygen atoms in total. The van der Waals surface area contributed by atoms with Crippen LogP contribution >= 0.6 is 0 Å². The number of hydrogen-bond donors (Lipinski definition) is 3. The SMILES string of the molecule is CCNC(=NCc1cccc(C(=O)NCCN(C)C)c1)NCc1ncnn1C. The number of rotatable bonds is 9. The molecule has 2 rings (SSSR count). The lowest BCUT2D eigenvalue weighted by Gasteiger charge is -2.12. The second-order valence-corrected chi connectivity index (χ2v) is 6.61. The van der Waals surface area contributed by atoms with Gasteiger partial charge < -0.3 is 20.9 Å². The molecule has 1 amide bonds. The number of nitrogens with one attached hydrogen (secondary N) is 3. The average Bonchev–Trinajstić information content (AvgIpc) is 3.08. The first-order valence-corrected chi connectivity index (χ1v) is 9.36. The topological polar surface area (TPSA) is 99.5 Å². The number of benzene rings is 1. The first-order chi connectivity index (χ1) is 13.5. The van der Waals surface area contributed by atoms with E-state index >= 15 is 0 Å². The number of guanidine groups is 1. The molecule has 0 aliphatic rings. The molecular formula is C19H30N8O. The van der Waals surface area contributed by atoms with E-state index in [1.54, 1.807) is 4.68 Å². The second kappa shape index (κ2) is 11.0. The van der Waals surface area contributed by atoms with Crippen LogP contribution in [-0.4, -0.2) is 65.3 Å². The monoisotopic (exact) mass is 386 g/mol. The maximum atomic E-state index is 12.3. The Hall–Kier alpha value is -2.94. The third kappa shape index (κ3) is 6.99. The minimum atomic E-state index is -0.0695. The molecule has 2 aromatic rings. The number of likely N-dealkylation sites (N-methyl/N-ethyl adjacent to an activating group) is 1. The lowest BCUT2D eigenvalue weighted by molar-refractivity contribution is 0.0951. The number of amides is 1. The summed E-state index contributed by atoms with van der Waals surface area (Å²) in [5, 5.41) is 13.4. The number of aromatic nitrogens is 3. The van der Waals surface area contributed by atoms with Crippen molar-refractivity contribution in [2.75, 3.05) is 33.7 Å². The molecule has 9 heteroatoms. The van der Waals surface area contributed by atoms with Crippen LogP contribution in [0.5, 0.6) is 0 Å². The van der Waals surface area contributed by atoms with E-state index in [0.29, 0.717) is 31.2 Å². The van der Waals surface area contributed by atoms with Crippen molar-refractivity contribution in [1.82, 2.24) is 35.6 Å². The summed E-state index contributed by atoms with van der Waals surface area (Å²) in [6.07, 6.45) is 1.52. The summed E-state index contributed by atoms with van der Waals surface area (Å²) >= 11 is 0. The summed E-state index contributed by atoms with van der Waals surface area (Å²) < 4.78 is 1.72. The molecule has 0 saturated carbocycles. The molecule has 0 atom stereocenters. The van der Waals surface area contributed by atoms with Crippen LogP contribution in [0.3, 0.4) is 0 Å². The van der Waals surface area contributed by atoms with E-state index in [9.17, 15) is 4.79 Å². The van der Waals surface area contributed by atoms with Gasteiger partial charge in [-0.1, -0.05) is 12.1 Å². The van der Waals surface area contributed by atoms with Gasteiger partial charge in [0.2, 0.25) is 0 Å². The minimum Gasteiger partial charge on any atom is -0.357 e. The van der Waals surface area contributed by atoms with Crippen LogP contribution in [0.4, 0.5) is 0 Å². The Kier molecular flexibility index (Phi) is 8.41. The summed E-state index contributed by atoms with van der Waals surface area (Å²) in [6, 6.07) is 7.54. The first kappa shape index (κ1) is 21.4. The number of carbonyl (C=O) groups is 1. The molecule has 0 radical (unpaired) electrons. The van der Waals surface area contributed by atoms with Crippen LogP contribution in [0, 0.1) is 0 Å². The van der Waals surface area contributed by atoms with Gasteiger partial charge in [0, 0.05) is 32.2 Å². The Morgan fingerprint density at radius 1 is 1.25 bits per heavy atom. The summed E-state index contributed by atoms with van der Waals surface area (Å²) in [5.74, 6) is 1.44. The fraction of sp³-hybridized carbons (Fsp3) is 0.474. The van der Waals surface area contributed by atoms with Gasteiger partial charge >= 0.3 is 0 Å². The van der Waals surface area contributed by atoms with Crippen molar-refractivity contribution in [3.05, 3.63) is 47.5 Å². The van der Waals surface area contributed by atoms with Gasteiger partial charge in [0.1, 0.15) is 12.2 Å². The van der Waals surface area contributed by atoms with E-state index in [2.05, 4.69) is 31.0 Å². The molecule has 0 fully saturated rings. The van der Waals surface area contributed by atoms with Crippen molar-refractivity contribution >= 4 is 11.9 Å². The van der Waals surface area contributed by atoms with E-state index in [1.165, 1.54) is 6.33 Å². The van der Waals surface area contributed by atoms with E-state index in [-0.39, 0.29) is 5.91 Å². The van der Waals surface area contributed by atoms with Gasteiger partial charge in [-0.3, -0.25) is 9.48 Å². The van der Waals surface area contributed by atoms with E-state index < -0.39 is 0 Å². The van der Waals surface area contributed by atoms with Crippen molar-refractivity contribution in [2.24, 2.45) is 12.0 Å². The van der Waals surface area contributed by atoms with Gasteiger partial charge in [-0.05, 0) is 38.7 Å². The lowest BCUT2D eigenvalue weighted by Crippen LogP contribution is -2.37. The Bertz CT molecular complexity index is 784. The Morgan fingerprint density at radius 3 is 2.75 bits per heavy atom. The number of aryl methyl sites for hydroxylation is 1. The molecule has 1 aromatic heterocycles. The Labute approximate surface area is 166 Å². The molecule has 1 heterocycles. The van der Waals surface area contributed by atoms with Gasteiger partial charge in [-0.2, -0.15) is 5.10 Å². The smallest absolute Gasteiger partial charge is 0.251 e. The average molecular weight is 387 g/mol. The van der Waals surface area contributed by atoms with Gasteiger partial charge in [-0.25, -0.2) is 9.98 Å². The van der Waals surface area contributed by atoms with Crippen molar-refractivity contribution < 1.29 is 4.79 Å². The molecule has 0 bridgehead atoms. The Balaban J connectivity index is 1.95. The van der Waals surface area contributed by atoms with Gasteiger partial charge in [0.05, 0.1) is 13.1 Å². The van der Waals surface area contributed by atoms with Crippen LogP contribution in [0.15, 0.2) is 35.6 Å². The zero-order valence-corrected chi connectivity index (χ0v) is 17.1. The molecule has 0 aliphatic carbocycles.